The zero-order chi connectivity index (χ0) is 13.5. The van der Waals surface area contributed by atoms with Crippen LogP contribution in [0, 0.1) is 5.92 Å². The number of amides is 1. The third-order valence-corrected chi connectivity index (χ3v) is 3.64. The molecule has 1 fully saturated rings. The number of hydrogen-bond donors (Lipinski definition) is 2. The van der Waals surface area contributed by atoms with Crippen LogP contribution < -0.4 is 11.1 Å². The molecule has 4 heteroatoms. The van der Waals surface area contributed by atoms with Crippen LogP contribution in [0.1, 0.15) is 18.4 Å². The number of hydrogen-bond acceptors (Lipinski definition) is 3. The molecule has 1 unspecified atom stereocenters. The number of rotatable bonds is 5. The van der Waals surface area contributed by atoms with Crippen molar-refractivity contribution in [1.29, 1.82) is 0 Å². The predicted molar refractivity (Wildman–Crippen MR) is 76.5 cm³/mol. The Balaban J connectivity index is 1.72. The van der Waals surface area contributed by atoms with E-state index in [1.165, 1.54) is 6.42 Å². The summed E-state index contributed by atoms with van der Waals surface area (Å²) in [5.41, 5.74) is 6.84. The molecule has 1 amide bonds. The van der Waals surface area contributed by atoms with Crippen molar-refractivity contribution in [2.24, 2.45) is 11.7 Å². The summed E-state index contributed by atoms with van der Waals surface area (Å²) in [5.74, 6) is 0.650. The van der Waals surface area contributed by atoms with Gasteiger partial charge in [-0.1, -0.05) is 30.3 Å². The van der Waals surface area contributed by atoms with E-state index < -0.39 is 0 Å². The van der Waals surface area contributed by atoms with E-state index in [1.807, 2.05) is 30.3 Å². The number of likely N-dealkylation sites (tertiary alicyclic amines) is 1. The number of carbonyl (C=O) groups is 1. The van der Waals surface area contributed by atoms with Crippen molar-refractivity contribution in [2.45, 2.75) is 19.4 Å². The van der Waals surface area contributed by atoms with Crippen LogP contribution in [0.25, 0.3) is 0 Å². The Bertz CT molecular complexity index is 394. The average molecular weight is 261 g/mol. The van der Waals surface area contributed by atoms with Crippen molar-refractivity contribution in [3.8, 4) is 0 Å². The van der Waals surface area contributed by atoms with Crippen molar-refractivity contribution < 1.29 is 4.79 Å². The van der Waals surface area contributed by atoms with E-state index in [-0.39, 0.29) is 5.91 Å². The first kappa shape index (κ1) is 14.0. The second-order valence-corrected chi connectivity index (χ2v) is 5.24. The molecular weight excluding hydrogens is 238 g/mol. The Morgan fingerprint density at radius 1 is 1.37 bits per heavy atom. The standard InChI is InChI=1S/C15H23N3O/c16-9-14-7-4-8-18(11-14)12-15(19)17-10-13-5-2-1-3-6-13/h1-3,5-6,14H,4,7-12,16H2,(H,17,19). The van der Waals surface area contributed by atoms with E-state index in [0.29, 0.717) is 19.0 Å². The highest BCUT2D eigenvalue weighted by molar-refractivity contribution is 5.78. The lowest BCUT2D eigenvalue weighted by molar-refractivity contribution is -0.122. The molecule has 1 aliphatic heterocycles. The van der Waals surface area contributed by atoms with Gasteiger partial charge in [0.1, 0.15) is 0 Å². The Labute approximate surface area is 115 Å². The number of nitrogens with one attached hydrogen (secondary N) is 1. The van der Waals surface area contributed by atoms with Gasteiger partial charge in [-0.2, -0.15) is 0 Å². The van der Waals surface area contributed by atoms with E-state index in [4.69, 9.17) is 5.73 Å². The molecule has 1 aliphatic rings. The largest absolute Gasteiger partial charge is 0.351 e. The quantitative estimate of drug-likeness (QED) is 0.830. The van der Waals surface area contributed by atoms with Crippen LogP contribution in [0.2, 0.25) is 0 Å². The number of benzene rings is 1. The van der Waals surface area contributed by atoms with Crippen LogP contribution in [0.4, 0.5) is 0 Å². The minimum absolute atomic E-state index is 0.0986. The van der Waals surface area contributed by atoms with Crippen LogP contribution in [0.15, 0.2) is 30.3 Å². The highest BCUT2D eigenvalue weighted by Crippen LogP contribution is 2.14. The molecule has 4 nitrogen and oxygen atoms in total. The van der Waals surface area contributed by atoms with Gasteiger partial charge in [0.05, 0.1) is 6.54 Å². The van der Waals surface area contributed by atoms with Gasteiger partial charge in [0, 0.05) is 13.1 Å². The van der Waals surface area contributed by atoms with E-state index >= 15 is 0 Å². The van der Waals surface area contributed by atoms with Gasteiger partial charge in [-0.25, -0.2) is 0 Å². The summed E-state index contributed by atoms with van der Waals surface area (Å²) in [6.07, 6.45) is 2.34. The van der Waals surface area contributed by atoms with E-state index in [9.17, 15) is 4.79 Å². The number of nitrogens with zero attached hydrogens (tertiary/aromatic N) is 1. The lowest BCUT2D eigenvalue weighted by Crippen LogP contribution is -2.43. The molecule has 3 N–H and O–H groups in total. The zero-order valence-electron chi connectivity index (χ0n) is 11.3. The first-order valence-corrected chi connectivity index (χ1v) is 7.01. The van der Waals surface area contributed by atoms with Crippen molar-refractivity contribution in [2.75, 3.05) is 26.2 Å². The lowest BCUT2D eigenvalue weighted by atomic mass is 9.98. The highest BCUT2D eigenvalue weighted by Gasteiger charge is 2.20. The Kier molecular flexibility index (Phi) is 5.36. The molecule has 1 aromatic rings. The summed E-state index contributed by atoms with van der Waals surface area (Å²) in [6.45, 7) is 3.78. The van der Waals surface area contributed by atoms with Gasteiger partial charge in [0.25, 0.3) is 0 Å². The monoisotopic (exact) mass is 261 g/mol. The molecule has 19 heavy (non-hydrogen) atoms. The minimum Gasteiger partial charge on any atom is -0.351 e. The SMILES string of the molecule is NCC1CCCN(CC(=O)NCc2ccccc2)C1. The second-order valence-electron chi connectivity index (χ2n) is 5.24. The highest BCUT2D eigenvalue weighted by atomic mass is 16.2. The van der Waals surface area contributed by atoms with E-state index in [0.717, 1.165) is 31.6 Å². The number of piperidine rings is 1. The van der Waals surface area contributed by atoms with Crippen LogP contribution in [-0.2, 0) is 11.3 Å². The average Bonchev–Trinajstić information content (AvgIpc) is 2.46. The molecule has 0 saturated carbocycles. The van der Waals surface area contributed by atoms with E-state index in [2.05, 4.69) is 10.2 Å². The fraction of sp³-hybridized carbons (Fsp3) is 0.533. The zero-order valence-corrected chi connectivity index (χ0v) is 11.3. The molecule has 1 aromatic carbocycles. The molecule has 1 atom stereocenters. The maximum atomic E-state index is 11.9. The molecule has 1 heterocycles. The molecule has 0 aromatic heterocycles. The Morgan fingerprint density at radius 3 is 2.89 bits per heavy atom. The first-order chi connectivity index (χ1) is 9.28. The Hall–Kier alpha value is -1.39. The molecule has 0 aliphatic carbocycles. The molecular formula is C15H23N3O. The van der Waals surface area contributed by atoms with Crippen LogP contribution in [0.5, 0.6) is 0 Å². The lowest BCUT2D eigenvalue weighted by Gasteiger charge is -2.31. The van der Waals surface area contributed by atoms with Crippen LogP contribution in [0.3, 0.4) is 0 Å². The van der Waals surface area contributed by atoms with Crippen LogP contribution in [-0.4, -0.2) is 37.0 Å². The molecule has 0 spiro atoms. The van der Waals surface area contributed by atoms with Crippen LogP contribution >= 0.6 is 0 Å². The third kappa shape index (κ3) is 4.65. The number of carbonyl (C=O) groups excluding carboxylic acids is 1. The first-order valence-electron chi connectivity index (χ1n) is 7.01. The van der Waals surface area contributed by atoms with Crippen molar-refractivity contribution in [3.05, 3.63) is 35.9 Å². The molecule has 104 valence electrons. The summed E-state index contributed by atoms with van der Waals surface area (Å²) >= 11 is 0. The summed E-state index contributed by atoms with van der Waals surface area (Å²) in [5, 5.41) is 2.97. The second kappa shape index (κ2) is 7.26. The fourth-order valence-electron chi connectivity index (χ4n) is 2.54. The fourth-order valence-corrected chi connectivity index (χ4v) is 2.54. The molecule has 1 saturated heterocycles. The molecule has 0 bridgehead atoms. The summed E-state index contributed by atoms with van der Waals surface area (Å²) in [7, 11) is 0. The maximum absolute atomic E-state index is 11.9. The Morgan fingerprint density at radius 2 is 2.16 bits per heavy atom. The topological polar surface area (TPSA) is 58.4 Å². The van der Waals surface area contributed by atoms with Gasteiger partial charge in [0.15, 0.2) is 0 Å². The normalized spacial score (nSPS) is 20.2. The van der Waals surface area contributed by atoms with Gasteiger partial charge in [-0.3, -0.25) is 9.69 Å². The maximum Gasteiger partial charge on any atom is 0.234 e. The third-order valence-electron chi connectivity index (χ3n) is 3.64. The summed E-state index contributed by atoms with van der Waals surface area (Å²) in [4.78, 5) is 14.1. The van der Waals surface area contributed by atoms with Crippen molar-refractivity contribution in [1.82, 2.24) is 10.2 Å². The van der Waals surface area contributed by atoms with Gasteiger partial charge >= 0.3 is 0 Å². The molecule has 2 rings (SSSR count). The minimum atomic E-state index is 0.0986. The van der Waals surface area contributed by atoms with Gasteiger partial charge in [-0.15, -0.1) is 0 Å². The molecule has 0 radical (unpaired) electrons. The smallest absolute Gasteiger partial charge is 0.234 e. The van der Waals surface area contributed by atoms with Gasteiger partial charge in [0.2, 0.25) is 5.91 Å². The van der Waals surface area contributed by atoms with Gasteiger partial charge in [-0.05, 0) is 37.4 Å². The van der Waals surface area contributed by atoms with Crippen molar-refractivity contribution in [3.63, 3.8) is 0 Å². The summed E-state index contributed by atoms with van der Waals surface area (Å²) in [6, 6.07) is 9.99. The number of nitrogens with two attached hydrogens (primary N) is 1. The van der Waals surface area contributed by atoms with E-state index in [1.54, 1.807) is 0 Å². The van der Waals surface area contributed by atoms with Gasteiger partial charge < -0.3 is 11.1 Å². The predicted octanol–water partition coefficient (Wildman–Crippen LogP) is 0.974. The summed E-state index contributed by atoms with van der Waals surface area (Å²) < 4.78 is 0. The van der Waals surface area contributed by atoms with Crippen molar-refractivity contribution >= 4 is 5.91 Å².